The Morgan fingerprint density at radius 3 is 2.47 bits per heavy atom. The number of hydrogen-bond donors (Lipinski definition) is 0. The van der Waals surface area contributed by atoms with E-state index in [1.54, 1.807) is 0 Å². The van der Waals surface area contributed by atoms with Crippen molar-refractivity contribution in [2.75, 3.05) is 18.5 Å². The molecule has 0 bridgehead atoms. The predicted octanol–water partition coefficient (Wildman–Crippen LogP) is 2.40. The zero-order valence-electron chi connectivity index (χ0n) is 13.0. The van der Waals surface area contributed by atoms with Crippen molar-refractivity contribution < 1.29 is 0 Å². The van der Waals surface area contributed by atoms with Gasteiger partial charge in [0.25, 0.3) is 0 Å². The number of aryl methyl sites for hydroxylation is 2. The third-order valence-electron chi connectivity index (χ3n) is 4.25. The van der Waals surface area contributed by atoms with Crippen molar-refractivity contribution in [1.82, 2.24) is 14.9 Å². The maximum absolute atomic E-state index is 4.69. The molecule has 0 spiro atoms. The maximum atomic E-state index is 4.69. The molecule has 1 fully saturated rings. The molecule has 1 aromatic rings. The SMILES string of the molecule is Cc1ncc(C)c(N2C(C)CC(C)N(C)CC2C)n1. The van der Waals surface area contributed by atoms with E-state index < -0.39 is 0 Å². The molecule has 3 atom stereocenters. The third-order valence-corrected chi connectivity index (χ3v) is 4.25. The van der Waals surface area contributed by atoms with Gasteiger partial charge in [0, 0.05) is 36.4 Å². The lowest BCUT2D eigenvalue weighted by Gasteiger charge is -2.34. The van der Waals surface area contributed by atoms with E-state index >= 15 is 0 Å². The Morgan fingerprint density at radius 2 is 1.79 bits per heavy atom. The van der Waals surface area contributed by atoms with Gasteiger partial charge in [0.15, 0.2) is 0 Å². The van der Waals surface area contributed by atoms with Crippen molar-refractivity contribution >= 4 is 5.82 Å². The summed E-state index contributed by atoms with van der Waals surface area (Å²) < 4.78 is 0. The molecule has 0 aromatic carbocycles. The molecule has 0 N–H and O–H groups in total. The number of aromatic nitrogens is 2. The van der Waals surface area contributed by atoms with E-state index in [-0.39, 0.29) is 0 Å². The van der Waals surface area contributed by atoms with E-state index in [9.17, 15) is 0 Å². The van der Waals surface area contributed by atoms with Crippen LogP contribution in [-0.2, 0) is 0 Å². The molecular formula is C15H26N4. The zero-order valence-corrected chi connectivity index (χ0v) is 13.0. The smallest absolute Gasteiger partial charge is 0.135 e. The number of anilines is 1. The zero-order chi connectivity index (χ0) is 14.2. The van der Waals surface area contributed by atoms with Crippen molar-refractivity contribution in [1.29, 1.82) is 0 Å². The summed E-state index contributed by atoms with van der Waals surface area (Å²) in [5.41, 5.74) is 1.17. The minimum atomic E-state index is 0.470. The first kappa shape index (κ1) is 14.3. The van der Waals surface area contributed by atoms with Crippen LogP contribution in [0.3, 0.4) is 0 Å². The first-order valence-electron chi connectivity index (χ1n) is 7.19. The molecule has 2 rings (SSSR count). The molecule has 0 amide bonds. The van der Waals surface area contributed by atoms with Gasteiger partial charge in [-0.3, -0.25) is 0 Å². The quantitative estimate of drug-likeness (QED) is 0.778. The molecule has 1 aliphatic rings. The number of likely N-dealkylation sites (N-methyl/N-ethyl adjacent to an activating group) is 1. The monoisotopic (exact) mass is 262 g/mol. The molecule has 1 aliphatic heterocycles. The van der Waals surface area contributed by atoms with Crippen LogP contribution in [0.25, 0.3) is 0 Å². The highest BCUT2D eigenvalue weighted by Gasteiger charge is 2.30. The molecule has 4 heteroatoms. The van der Waals surface area contributed by atoms with Crippen molar-refractivity contribution in [3.63, 3.8) is 0 Å². The van der Waals surface area contributed by atoms with Gasteiger partial charge in [0.1, 0.15) is 11.6 Å². The average Bonchev–Trinajstić information content (AvgIpc) is 2.41. The van der Waals surface area contributed by atoms with Crippen LogP contribution in [-0.4, -0.2) is 46.6 Å². The van der Waals surface area contributed by atoms with E-state index in [2.05, 4.69) is 54.5 Å². The summed E-state index contributed by atoms with van der Waals surface area (Å²) in [5, 5.41) is 0. The highest BCUT2D eigenvalue weighted by molar-refractivity contribution is 5.47. The molecule has 106 valence electrons. The number of hydrogen-bond acceptors (Lipinski definition) is 4. The minimum absolute atomic E-state index is 0.470. The molecule has 1 aromatic heterocycles. The van der Waals surface area contributed by atoms with Crippen molar-refractivity contribution in [2.24, 2.45) is 0 Å². The van der Waals surface area contributed by atoms with Gasteiger partial charge in [0.05, 0.1) is 0 Å². The van der Waals surface area contributed by atoms with Gasteiger partial charge >= 0.3 is 0 Å². The van der Waals surface area contributed by atoms with Gasteiger partial charge in [0.2, 0.25) is 0 Å². The van der Waals surface area contributed by atoms with Crippen LogP contribution in [0.5, 0.6) is 0 Å². The Morgan fingerprint density at radius 1 is 1.11 bits per heavy atom. The van der Waals surface area contributed by atoms with Gasteiger partial charge in [-0.05, 0) is 48.1 Å². The second-order valence-corrected chi connectivity index (χ2v) is 6.05. The molecule has 1 saturated heterocycles. The summed E-state index contributed by atoms with van der Waals surface area (Å²) in [5.74, 6) is 1.96. The highest BCUT2D eigenvalue weighted by Crippen LogP contribution is 2.27. The van der Waals surface area contributed by atoms with Crippen LogP contribution in [0, 0.1) is 13.8 Å². The molecule has 0 radical (unpaired) electrons. The van der Waals surface area contributed by atoms with E-state index in [0.29, 0.717) is 18.1 Å². The molecule has 19 heavy (non-hydrogen) atoms. The fourth-order valence-electron chi connectivity index (χ4n) is 3.10. The second-order valence-electron chi connectivity index (χ2n) is 6.05. The van der Waals surface area contributed by atoms with Crippen molar-refractivity contribution in [3.8, 4) is 0 Å². The van der Waals surface area contributed by atoms with Gasteiger partial charge in [-0.15, -0.1) is 0 Å². The molecule has 3 unspecified atom stereocenters. The minimum Gasteiger partial charge on any atom is -0.350 e. The standard InChI is InChI=1S/C15H26N4/c1-10-8-16-14(5)17-15(10)19-12(3)7-11(2)18(6)9-13(19)4/h8,11-13H,7,9H2,1-6H3. The molecule has 4 nitrogen and oxygen atoms in total. The lowest BCUT2D eigenvalue weighted by molar-refractivity contribution is 0.255. The highest BCUT2D eigenvalue weighted by atomic mass is 15.3. The van der Waals surface area contributed by atoms with Crippen molar-refractivity contribution in [3.05, 3.63) is 17.6 Å². The largest absolute Gasteiger partial charge is 0.350 e. The predicted molar refractivity (Wildman–Crippen MR) is 79.6 cm³/mol. The second kappa shape index (κ2) is 5.45. The van der Waals surface area contributed by atoms with Crippen LogP contribution in [0.2, 0.25) is 0 Å². The molecular weight excluding hydrogens is 236 g/mol. The van der Waals surface area contributed by atoms with E-state index in [1.165, 1.54) is 12.0 Å². The van der Waals surface area contributed by atoms with Crippen LogP contribution in [0.1, 0.15) is 38.6 Å². The van der Waals surface area contributed by atoms with Crippen LogP contribution < -0.4 is 4.90 Å². The average molecular weight is 262 g/mol. The molecule has 0 saturated carbocycles. The van der Waals surface area contributed by atoms with Gasteiger partial charge in [-0.2, -0.15) is 0 Å². The topological polar surface area (TPSA) is 32.3 Å². The van der Waals surface area contributed by atoms with E-state index in [1.807, 2.05) is 13.1 Å². The van der Waals surface area contributed by atoms with Crippen LogP contribution in [0.4, 0.5) is 5.82 Å². The molecule has 2 heterocycles. The Labute approximate surface area is 116 Å². The number of rotatable bonds is 1. The van der Waals surface area contributed by atoms with E-state index in [4.69, 9.17) is 0 Å². The third kappa shape index (κ3) is 2.89. The summed E-state index contributed by atoms with van der Waals surface area (Å²) in [6.07, 6.45) is 3.11. The molecule has 0 aliphatic carbocycles. The summed E-state index contributed by atoms with van der Waals surface area (Å²) >= 11 is 0. The maximum Gasteiger partial charge on any atom is 0.135 e. The lowest BCUT2D eigenvalue weighted by Crippen LogP contribution is -2.43. The first-order chi connectivity index (χ1) is 8.90. The fourth-order valence-corrected chi connectivity index (χ4v) is 3.10. The first-order valence-corrected chi connectivity index (χ1v) is 7.19. The summed E-state index contributed by atoms with van der Waals surface area (Å²) in [6.45, 7) is 12.1. The van der Waals surface area contributed by atoms with Gasteiger partial charge < -0.3 is 9.80 Å². The Kier molecular flexibility index (Phi) is 4.09. The lowest BCUT2D eigenvalue weighted by atomic mass is 10.1. The summed E-state index contributed by atoms with van der Waals surface area (Å²) in [6, 6.07) is 1.59. The summed E-state index contributed by atoms with van der Waals surface area (Å²) in [4.78, 5) is 13.9. The van der Waals surface area contributed by atoms with Crippen LogP contribution >= 0.6 is 0 Å². The Balaban J connectivity index is 2.38. The van der Waals surface area contributed by atoms with Crippen molar-refractivity contribution in [2.45, 2.75) is 59.2 Å². The van der Waals surface area contributed by atoms with Gasteiger partial charge in [-0.25, -0.2) is 9.97 Å². The van der Waals surface area contributed by atoms with E-state index in [0.717, 1.165) is 18.2 Å². The number of nitrogens with zero attached hydrogens (tertiary/aromatic N) is 4. The summed E-state index contributed by atoms with van der Waals surface area (Å²) in [7, 11) is 2.22. The Hall–Kier alpha value is -1.16. The fraction of sp³-hybridized carbons (Fsp3) is 0.733. The Bertz CT molecular complexity index is 430. The normalized spacial score (nSPS) is 29.4. The van der Waals surface area contributed by atoms with Crippen LogP contribution in [0.15, 0.2) is 6.20 Å². The van der Waals surface area contributed by atoms with Gasteiger partial charge in [-0.1, -0.05) is 0 Å².